The van der Waals surface area contributed by atoms with Crippen molar-refractivity contribution < 1.29 is 4.39 Å². The van der Waals surface area contributed by atoms with Crippen molar-refractivity contribution in [1.82, 2.24) is 14.5 Å². The third-order valence-corrected chi connectivity index (χ3v) is 5.54. The number of halogens is 3. The van der Waals surface area contributed by atoms with Gasteiger partial charge in [-0.05, 0) is 42.5 Å². The lowest BCUT2D eigenvalue weighted by Crippen LogP contribution is -2.04. The van der Waals surface area contributed by atoms with Crippen molar-refractivity contribution in [2.45, 2.75) is 6.54 Å². The number of rotatable bonds is 2. The first-order chi connectivity index (χ1) is 13.1. The second-order valence-electron chi connectivity index (χ2n) is 6.33. The Morgan fingerprint density at radius 2 is 1.74 bits per heavy atom. The average molecular weight is 441 g/mol. The molecule has 27 heavy (non-hydrogen) atoms. The molecule has 132 valence electrons. The summed E-state index contributed by atoms with van der Waals surface area (Å²) in [5.74, 6) is -0.330. The zero-order chi connectivity index (χ0) is 18.5. The molecular formula is C21H12BrClFN3. The summed E-state index contributed by atoms with van der Waals surface area (Å²) in [7, 11) is 0. The van der Waals surface area contributed by atoms with Gasteiger partial charge in [0.05, 0.1) is 23.1 Å². The van der Waals surface area contributed by atoms with Gasteiger partial charge in [-0.15, -0.1) is 0 Å². The third-order valence-electron chi connectivity index (χ3n) is 4.69. The molecule has 0 unspecified atom stereocenters. The van der Waals surface area contributed by atoms with Gasteiger partial charge in [0.15, 0.2) is 5.65 Å². The zero-order valence-corrected chi connectivity index (χ0v) is 16.3. The Bertz CT molecular complexity index is 1330. The fourth-order valence-electron chi connectivity index (χ4n) is 3.41. The molecular weight excluding hydrogens is 429 g/mol. The third kappa shape index (κ3) is 2.69. The molecule has 2 aromatic heterocycles. The van der Waals surface area contributed by atoms with Crippen LogP contribution in [0.5, 0.6) is 0 Å². The lowest BCUT2D eigenvalue weighted by atomic mass is 10.2. The molecule has 0 radical (unpaired) electrons. The Hall–Kier alpha value is -2.50. The van der Waals surface area contributed by atoms with Crippen LogP contribution < -0.4 is 0 Å². The van der Waals surface area contributed by atoms with Gasteiger partial charge in [-0.1, -0.05) is 45.7 Å². The van der Waals surface area contributed by atoms with E-state index in [-0.39, 0.29) is 12.4 Å². The van der Waals surface area contributed by atoms with E-state index >= 15 is 0 Å². The van der Waals surface area contributed by atoms with E-state index in [0.29, 0.717) is 16.2 Å². The Kier molecular flexibility index (Phi) is 3.88. The van der Waals surface area contributed by atoms with E-state index in [0.717, 1.165) is 31.9 Å². The van der Waals surface area contributed by atoms with Gasteiger partial charge in [0.1, 0.15) is 11.3 Å². The van der Waals surface area contributed by atoms with Crippen LogP contribution in [0.4, 0.5) is 4.39 Å². The Morgan fingerprint density at radius 3 is 2.52 bits per heavy atom. The predicted octanol–water partition coefficient (Wildman–Crippen LogP) is 6.34. The van der Waals surface area contributed by atoms with Crippen LogP contribution in [-0.2, 0) is 6.54 Å². The Morgan fingerprint density at radius 1 is 0.963 bits per heavy atom. The van der Waals surface area contributed by atoms with Crippen molar-refractivity contribution in [3.05, 3.63) is 81.5 Å². The Labute approximate surface area is 167 Å². The van der Waals surface area contributed by atoms with Gasteiger partial charge < -0.3 is 4.57 Å². The van der Waals surface area contributed by atoms with Gasteiger partial charge in [-0.3, -0.25) is 0 Å². The number of benzene rings is 3. The number of para-hydroxylation sites is 2. The molecule has 3 aromatic carbocycles. The summed E-state index contributed by atoms with van der Waals surface area (Å²) >= 11 is 9.80. The van der Waals surface area contributed by atoms with Crippen molar-refractivity contribution in [3.8, 4) is 0 Å². The summed E-state index contributed by atoms with van der Waals surface area (Å²) in [4.78, 5) is 9.64. The molecule has 0 aliphatic rings. The van der Waals surface area contributed by atoms with Crippen LogP contribution in [-0.4, -0.2) is 14.5 Å². The SMILES string of the molecule is Fc1cccc(Cl)c1Cn1c2ccc(Br)cc2c2nc3ccccc3nc21. The number of fused-ring (bicyclic) bond motifs is 4. The van der Waals surface area contributed by atoms with Gasteiger partial charge in [-0.25, -0.2) is 14.4 Å². The van der Waals surface area contributed by atoms with Gasteiger partial charge >= 0.3 is 0 Å². The molecule has 0 saturated carbocycles. The topological polar surface area (TPSA) is 30.7 Å². The van der Waals surface area contributed by atoms with E-state index in [4.69, 9.17) is 21.6 Å². The van der Waals surface area contributed by atoms with Crippen molar-refractivity contribution in [2.24, 2.45) is 0 Å². The minimum Gasteiger partial charge on any atom is -0.319 e. The summed E-state index contributed by atoms with van der Waals surface area (Å²) in [6, 6.07) is 18.4. The quantitative estimate of drug-likeness (QED) is 0.321. The van der Waals surface area contributed by atoms with Crippen LogP contribution in [0.15, 0.2) is 65.1 Å². The van der Waals surface area contributed by atoms with Crippen LogP contribution in [0.1, 0.15) is 5.56 Å². The van der Waals surface area contributed by atoms with Gasteiger partial charge in [0, 0.05) is 20.4 Å². The maximum atomic E-state index is 14.4. The van der Waals surface area contributed by atoms with Crippen LogP contribution in [0.3, 0.4) is 0 Å². The molecule has 0 saturated heterocycles. The molecule has 6 heteroatoms. The van der Waals surface area contributed by atoms with Crippen molar-refractivity contribution >= 4 is 60.6 Å². The molecule has 5 aromatic rings. The summed E-state index contributed by atoms with van der Waals surface area (Å²) < 4.78 is 17.3. The predicted molar refractivity (Wildman–Crippen MR) is 111 cm³/mol. The molecule has 0 aliphatic heterocycles. The first-order valence-electron chi connectivity index (χ1n) is 8.39. The number of aromatic nitrogens is 3. The van der Waals surface area contributed by atoms with E-state index in [9.17, 15) is 4.39 Å². The maximum absolute atomic E-state index is 14.4. The summed E-state index contributed by atoms with van der Waals surface area (Å²) in [5.41, 5.74) is 4.50. The highest BCUT2D eigenvalue weighted by atomic mass is 79.9. The molecule has 0 fully saturated rings. The molecule has 3 nitrogen and oxygen atoms in total. The van der Waals surface area contributed by atoms with E-state index in [2.05, 4.69) is 15.9 Å². The largest absolute Gasteiger partial charge is 0.319 e. The first-order valence-corrected chi connectivity index (χ1v) is 9.56. The molecule has 0 spiro atoms. The van der Waals surface area contributed by atoms with Crippen molar-refractivity contribution in [2.75, 3.05) is 0 Å². The fraction of sp³-hybridized carbons (Fsp3) is 0.0476. The molecule has 0 atom stereocenters. The van der Waals surface area contributed by atoms with E-state index < -0.39 is 0 Å². The minimum atomic E-state index is -0.330. The average Bonchev–Trinajstić information content (AvgIpc) is 2.95. The minimum absolute atomic E-state index is 0.278. The van der Waals surface area contributed by atoms with E-state index in [1.54, 1.807) is 12.1 Å². The molecule has 0 amide bonds. The lowest BCUT2D eigenvalue weighted by molar-refractivity contribution is 0.603. The monoisotopic (exact) mass is 439 g/mol. The second kappa shape index (κ2) is 6.29. The zero-order valence-electron chi connectivity index (χ0n) is 14.0. The standard InChI is InChI=1S/C21H12BrClFN3/c22-12-8-9-19-13(10-12)20-21(26-18-7-2-1-6-17(18)25-20)27(19)11-14-15(23)4-3-5-16(14)24/h1-10H,11H2. The van der Waals surface area contributed by atoms with Gasteiger partial charge in [0.25, 0.3) is 0 Å². The summed E-state index contributed by atoms with van der Waals surface area (Å²) in [6.07, 6.45) is 0. The highest BCUT2D eigenvalue weighted by Crippen LogP contribution is 2.32. The Balaban J connectivity index is 1.87. The molecule has 5 rings (SSSR count). The fourth-order valence-corrected chi connectivity index (χ4v) is 3.99. The van der Waals surface area contributed by atoms with Crippen LogP contribution in [0.25, 0.3) is 33.1 Å². The highest BCUT2D eigenvalue weighted by Gasteiger charge is 2.17. The highest BCUT2D eigenvalue weighted by molar-refractivity contribution is 9.10. The molecule has 0 N–H and O–H groups in total. The number of hydrogen-bond donors (Lipinski definition) is 0. The van der Waals surface area contributed by atoms with Crippen molar-refractivity contribution in [1.29, 1.82) is 0 Å². The van der Waals surface area contributed by atoms with Gasteiger partial charge in [0.2, 0.25) is 0 Å². The molecule has 2 heterocycles. The summed E-state index contributed by atoms with van der Waals surface area (Å²) in [5, 5.41) is 1.36. The van der Waals surface area contributed by atoms with Crippen LogP contribution in [0, 0.1) is 5.82 Å². The van der Waals surface area contributed by atoms with Crippen molar-refractivity contribution in [3.63, 3.8) is 0 Å². The first kappa shape index (κ1) is 16.7. The van der Waals surface area contributed by atoms with E-state index in [1.165, 1.54) is 6.07 Å². The van der Waals surface area contributed by atoms with Crippen LogP contribution >= 0.6 is 27.5 Å². The van der Waals surface area contributed by atoms with Gasteiger partial charge in [-0.2, -0.15) is 0 Å². The summed E-state index contributed by atoms with van der Waals surface area (Å²) in [6.45, 7) is 0.278. The van der Waals surface area contributed by atoms with Crippen LogP contribution in [0.2, 0.25) is 5.02 Å². The second-order valence-corrected chi connectivity index (χ2v) is 7.66. The number of hydrogen-bond acceptors (Lipinski definition) is 2. The normalized spacial score (nSPS) is 11.7. The molecule has 0 aliphatic carbocycles. The molecule has 0 bridgehead atoms. The number of nitrogens with zero attached hydrogens (tertiary/aromatic N) is 3. The lowest BCUT2D eigenvalue weighted by Gasteiger charge is -2.10. The smallest absolute Gasteiger partial charge is 0.160 e. The van der Waals surface area contributed by atoms with E-state index in [1.807, 2.05) is 47.0 Å². The maximum Gasteiger partial charge on any atom is 0.160 e.